The van der Waals surface area contributed by atoms with Crippen LogP contribution in [-0.2, 0) is 16.0 Å². The van der Waals surface area contributed by atoms with E-state index in [0.717, 1.165) is 12.2 Å². The number of halogens is 1. The quantitative estimate of drug-likeness (QED) is 0.370. The molecule has 1 N–H and O–H groups in total. The van der Waals surface area contributed by atoms with Gasteiger partial charge in [0.05, 0.1) is 5.75 Å². The largest absolute Gasteiger partial charge is 0.355 e. The second kappa shape index (κ2) is 11.3. The molecule has 1 fully saturated rings. The van der Waals surface area contributed by atoms with Gasteiger partial charge in [0.15, 0.2) is 5.16 Å². The third-order valence-electron chi connectivity index (χ3n) is 5.15. The Kier molecular flexibility index (Phi) is 8.54. The standard InChI is InChI=1S/C22H28ClN5O2S/c1-3-21(30)28-12-11-27(14-16(28)2)19-13-18(23)25-22(26-19)31-15-20(29)24-10-9-17-7-5-4-6-8-17/h4-8,13,16H,3,9-12,14-15H2,1-2H3,(H,24,29). The van der Waals surface area contributed by atoms with Gasteiger partial charge in [0.1, 0.15) is 11.0 Å². The number of aromatic nitrogens is 2. The van der Waals surface area contributed by atoms with E-state index in [4.69, 9.17) is 11.6 Å². The van der Waals surface area contributed by atoms with Crippen LogP contribution in [0.3, 0.4) is 0 Å². The number of rotatable bonds is 8. The first-order valence-corrected chi connectivity index (χ1v) is 11.8. The van der Waals surface area contributed by atoms with Crippen molar-refractivity contribution in [3.8, 4) is 0 Å². The lowest BCUT2D eigenvalue weighted by Crippen LogP contribution is -2.54. The molecule has 1 atom stereocenters. The first-order valence-electron chi connectivity index (χ1n) is 10.5. The fourth-order valence-corrected chi connectivity index (χ4v) is 4.43. The maximum absolute atomic E-state index is 12.2. The van der Waals surface area contributed by atoms with Crippen molar-refractivity contribution >= 4 is 41.0 Å². The van der Waals surface area contributed by atoms with Gasteiger partial charge in [-0.2, -0.15) is 0 Å². The second-order valence-corrected chi connectivity index (χ2v) is 8.77. The van der Waals surface area contributed by atoms with Gasteiger partial charge < -0.3 is 15.1 Å². The van der Waals surface area contributed by atoms with Crippen LogP contribution in [0.25, 0.3) is 0 Å². The lowest BCUT2D eigenvalue weighted by Gasteiger charge is -2.40. The van der Waals surface area contributed by atoms with Crippen LogP contribution in [-0.4, -0.2) is 64.7 Å². The van der Waals surface area contributed by atoms with Crippen LogP contribution < -0.4 is 10.2 Å². The number of piperazine rings is 1. The van der Waals surface area contributed by atoms with E-state index in [1.54, 1.807) is 6.07 Å². The Hall–Kier alpha value is -2.32. The normalized spacial score (nSPS) is 16.3. The molecule has 31 heavy (non-hydrogen) atoms. The number of thioether (sulfide) groups is 1. The van der Waals surface area contributed by atoms with E-state index in [2.05, 4.69) is 20.2 Å². The van der Waals surface area contributed by atoms with Crippen LogP contribution in [0.5, 0.6) is 0 Å². The summed E-state index contributed by atoms with van der Waals surface area (Å²) in [4.78, 5) is 37.1. The van der Waals surface area contributed by atoms with E-state index >= 15 is 0 Å². The van der Waals surface area contributed by atoms with Gasteiger partial charge >= 0.3 is 0 Å². The maximum Gasteiger partial charge on any atom is 0.230 e. The highest BCUT2D eigenvalue weighted by Crippen LogP contribution is 2.24. The highest BCUT2D eigenvalue weighted by atomic mass is 35.5. The Morgan fingerprint density at radius 1 is 1.23 bits per heavy atom. The molecule has 9 heteroatoms. The van der Waals surface area contributed by atoms with Crippen molar-refractivity contribution in [1.29, 1.82) is 0 Å². The van der Waals surface area contributed by atoms with Crippen molar-refractivity contribution in [3.05, 3.63) is 47.1 Å². The predicted molar refractivity (Wildman–Crippen MR) is 125 cm³/mol. The summed E-state index contributed by atoms with van der Waals surface area (Å²) in [6.45, 7) is 6.53. The van der Waals surface area contributed by atoms with Crippen molar-refractivity contribution in [2.75, 3.05) is 36.8 Å². The molecule has 1 aliphatic heterocycles. The predicted octanol–water partition coefficient (Wildman–Crippen LogP) is 3.03. The third-order valence-corrected chi connectivity index (χ3v) is 6.19. The summed E-state index contributed by atoms with van der Waals surface area (Å²) in [5.74, 6) is 1.06. The summed E-state index contributed by atoms with van der Waals surface area (Å²) in [6, 6.07) is 11.9. The lowest BCUT2D eigenvalue weighted by molar-refractivity contribution is -0.133. The minimum absolute atomic E-state index is 0.0635. The van der Waals surface area contributed by atoms with Gasteiger partial charge in [0.2, 0.25) is 11.8 Å². The van der Waals surface area contributed by atoms with Gasteiger partial charge in [-0.1, -0.05) is 60.6 Å². The van der Waals surface area contributed by atoms with Crippen molar-refractivity contribution in [3.63, 3.8) is 0 Å². The van der Waals surface area contributed by atoms with E-state index < -0.39 is 0 Å². The molecule has 0 spiro atoms. The van der Waals surface area contributed by atoms with Crippen molar-refractivity contribution in [2.24, 2.45) is 0 Å². The molecular weight excluding hydrogens is 434 g/mol. The topological polar surface area (TPSA) is 78.4 Å². The molecule has 3 rings (SSSR count). The summed E-state index contributed by atoms with van der Waals surface area (Å²) in [5.41, 5.74) is 1.19. The number of anilines is 1. The summed E-state index contributed by atoms with van der Waals surface area (Å²) in [7, 11) is 0. The van der Waals surface area contributed by atoms with Crippen LogP contribution in [0, 0.1) is 0 Å². The number of nitrogens with zero attached hydrogens (tertiary/aromatic N) is 4. The fourth-order valence-electron chi connectivity index (χ4n) is 3.52. The van der Waals surface area contributed by atoms with Crippen LogP contribution in [0.1, 0.15) is 25.8 Å². The monoisotopic (exact) mass is 461 g/mol. The molecule has 1 aliphatic rings. The number of nitrogens with one attached hydrogen (secondary N) is 1. The molecule has 1 saturated heterocycles. The van der Waals surface area contributed by atoms with E-state index in [-0.39, 0.29) is 23.6 Å². The highest BCUT2D eigenvalue weighted by molar-refractivity contribution is 7.99. The Morgan fingerprint density at radius 3 is 2.71 bits per heavy atom. The molecule has 1 unspecified atom stereocenters. The van der Waals surface area contributed by atoms with Gasteiger partial charge in [-0.25, -0.2) is 9.97 Å². The molecule has 0 saturated carbocycles. The third kappa shape index (κ3) is 6.83. The number of amides is 2. The van der Waals surface area contributed by atoms with Gasteiger partial charge in [-0.05, 0) is 18.9 Å². The average Bonchev–Trinajstić information content (AvgIpc) is 2.77. The Balaban J connectivity index is 1.51. The molecule has 2 amide bonds. The fraction of sp³-hybridized carbons (Fsp3) is 0.455. The SMILES string of the molecule is CCC(=O)N1CCN(c2cc(Cl)nc(SCC(=O)NCCc3ccccc3)n2)CC1C. The number of hydrogen-bond donors (Lipinski definition) is 1. The number of hydrogen-bond acceptors (Lipinski definition) is 6. The van der Waals surface area contributed by atoms with Crippen LogP contribution in [0.2, 0.25) is 5.15 Å². The molecule has 0 bridgehead atoms. The van der Waals surface area contributed by atoms with Crippen molar-refractivity contribution in [1.82, 2.24) is 20.2 Å². The van der Waals surface area contributed by atoms with Crippen molar-refractivity contribution in [2.45, 2.75) is 37.9 Å². The average molecular weight is 462 g/mol. The van der Waals surface area contributed by atoms with E-state index in [9.17, 15) is 9.59 Å². The molecule has 7 nitrogen and oxygen atoms in total. The zero-order valence-corrected chi connectivity index (χ0v) is 19.5. The number of benzene rings is 1. The minimum atomic E-state index is -0.0635. The molecule has 1 aromatic carbocycles. The second-order valence-electron chi connectivity index (χ2n) is 7.44. The molecular formula is C22H28ClN5O2S. The van der Waals surface area contributed by atoms with Gasteiger partial charge in [-0.15, -0.1) is 0 Å². The van der Waals surface area contributed by atoms with Gasteiger partial charge in [-0.3, -0.25) is 9.59 Å². The van der Waals surface area contributed by atoms with E-state index in [1.165, 1.54) is 17.3 Å². The molecule has 0 radical (unpaired) electrons. The molecule has 2 heterocycles. The summed E-state index contributed by atoms with van der Waals surface area (Å²) < 4.78 is 0. The maximum atomic E-state index is 12.2. The van der Waals surface area contributed by atoms with Crippen molar-refractivity contribution < 1.29 is 9.59 Å². The lowest BCUT2D eigenvalue weighted by atomic mass is 10.1. The number of carbonyl (C=O) groups is 2. The molecule has 0 aliphatic carbocycles. The van der Waals surface area contributed by atoms with Gasteiger partial charge in [0.25, 0.3) is 0 Å². The summed E-state index contributed by atoms with van der Waals surface area (Å²) >= 11 is 7.48. The summed E-state index contributed by atoms with van der Waals surface area (Å²) in [6.07, 6.45) is 1.30. The molecule has 2 aromatic rings. The summed E-state index contributed by atoms with van der Waals surface area (Å²) in [5, 5.41) is 3.74. The zero-order valence-electron chi connectivity index (χ0n) is 17.9. The highest BCUT2D eigenvalue weighted by Gasteiger charge is 2.27. The van der Waals surface area contributed by atoms with E-state index in [1.807, 2.05) is 49.1 Å². The smallest absolute Gasteiger partial charge is 0.230 e. The first kappa shape index (κ1) is 23.3. The molecule has 1 aromatic heterocycles. The Bertz CT molecular complexity index is 899. The Morgan fingerprint density at radius 2 is 2.00 bits per heavy atom. The first-order chi connectivity index (χ1) is 15.0. The zero-order chi connectivity index (χ0) is 22.2. The van der Waals surface area contributed by atoms with E-state index in [0.29, 0.717) is 42.9 Å². The van der Waals surface area contributed by atoms with Crippen LogP contribution >= 0.6 is 23.4 Å². The Labute approximate surface area is 192 Å². The molecule has 166 valence electrons. The van der Waals surface area contributed by atoms with Crippen LogP contribution in [0.15, 0.2) is 41.6 Å². The van der Waals surface area contributed by atoms with Gasteiger partial charge in [0, 0.05) is 44.7 Å². The minimum Gasteiger partial charge on any atom is -0.355 e. The van der Waals surface area contributed by atoms with Crippen LogP contribution in [0.4, 0.5) is 5.82 Å². The number of carbonyl (C=O) groups excluding carboxylic acids is 2.